The Labute approximate surface area is 136 Å². The first kappa shape index (κ1) is 16.5. The minimum Gasteiger partial charge on any atom is -0.382 e. The maximum absolute atomic E-state index is 13.9. The van der Waals surface area contributed by atoms with Crippen molar-refractivity contribution < 1.29 is 22.3 Å². The van der Waals surface area contributed by atoms with E-state index in [1.165, 1.54) is 0 Å². The molecule has 0 spiro atoms. The summed E-state index contributed by atoms with van der Waals surface area (Å²) in [6.45, 7) is 1.84. The SMILES string of the molecule is Cc1cncc(-c2sc(S(C)(=O)=O)c3c2CCC(F)(F)[C@H]3O)c1. The molecule has 124 valence electrons. The van der Waals surface area contributed by atoms with Gasteiger partial charge in [0, 0.05) is 41.1 Å². The lowest BCUT2D eigenvalue weighted by atomic mass is 9.87. The third-order valence-electron chi connectivity index (χ3n) is 3.87. The van der Waals surface area contributed by atoms with Crippen LogP contribution in [0.25, 0.3) is 10.4 Å². The van der Waals surface area contributed by atoms with Crippen molar-refractivity contribution in [3.8, 4) is 10.4 Å². The van der Waals surface area contributed by atoms with Gasteiger partial charge in [-0.2, -0.15) is 0 Å². The molecule has 0 fully saturated rings. The number of aliphatic hydroxyl groups is 1. The van der Waals surface area contributed by atoms with Gasteiger partial charge in [-0.25, -0.2) is 17.2 Å². The van der Waals surface area contributed by atoms with Crippen LogP contribution in [0.1, 0.15) is 29.2 Å². The van der Waals surface area contributed by atoms with Gasteiger partial charge in [0.2, 0.25) is 0 Å². The standard InChI is InChI=1S/C15H15F2NO3S2/c1-8-5-9(7-18-6-8)12-10-3-4-15(16,17)13(19)11(10)14(22-12)23(2,20)21/h5-7,13,19H,3-4H2,1-2H3/t13-/m0/s1. The van der Waals surface area contributed by atoms with Crippen LogP contribution in [0.15, 0.2) is 22.7 Å². The fraction of sp³-hybridized carbons (Fsp3) is 0.400. The largest absolute Gasteiger partial charge is 0.382 e. The first-order valence-corrected chi connectivity index (χ1v) is 9.65. The van der Waals surface area contributed by atoms with E-state index >= 15 is 0 Å². The number of aromatic nitrogens is 1. The van der Waals surface area contributed by atoms with Gasteiger partial charge in [-0.1, -0.05) is 0 Å². The number of thiophene rings is 1. The fourth-order valence-electron chi connectivity index (χ4n) is 2.81. The van der Waals surface area contributed by atoms with E-state index in [0.29, 0.717) is 16.0 Å². The zero-order valence-corrected chi connectivity index (χ0v) is 14.1. The molecule has 1 atom stereocenters. The molecule has 1 N–H and O–H groups in total. The lowest BCUT2D eigenvalue weighted by molar-refractivity contribution is -0.122. The minimum absolute atomic E-state index is 0.0225. The summed E-state index contributed by atoms with van der Waals surface area (Å²) in [5.41, 5.74) is 1.90. The molecule has 0 saturated heterocycles. The molecule has 0 saturated carbocycles. The van der Waals surface area contributed by atoms with E-state index in [1.54, 1.807) is 12.4 Å². The Kier molecular flexibility index (Phi) is 3.81. The number of hydrogen-bond donors (Lipinski definition) is 1. The summed E-state index contributed by atoms with van der Waals surface area (Å²) in [5, 5.41) is 10.0. The first-order valence-electron chi connectivity index (χ1n) is 6.95. The summed E-state index contributed by atoms with van der Waals surface area (Å²) in [5.74, 6) is -3.32. The van der Waals surface area contributed by atoms with Gasteiger partial charge in [0.15, 0.2) is 9.84 Å². The molecule has 2 aromatic heterocycles. The summed E-state index contributed by atoms with van der Waals surface area (Å²) >= 11 is 0.927. The van der Waals surface area contributed by atoms with Crippen molar-refractivity contribution in [3.05, 3.63) is 35.2 Å². The molecule has 1 aliphatic rings. The number of pyridine rings is 1. The first-order chi connectivity index (χ1) is 10.6. The number of fused-ring (bicyclic) bond motifs is 1. The molecule has 2 heterocycles. The van der Waals surface area contributed by atoms with Crippen LogP contribution < -0.4 is 0 Å². The molecule has 1 aliphatic carbocycles. The van der Waals surface area contributed by atoms with Crippen molar-refractivity contribution in [2.75, 3.05) is 6.26 Å². The van der Waals surface area contributed by atoms with Crippen molar-refractivity contribution in [1.29, 1.82) is 0 Å². The van der Waals surface area contributed by atoms with Crippen molar-refractivity contribution in [2.24, 2.45) is 0 Å². The second-order valence-corrected chi connectivity index (χ2v) is 9.03. The Balaban J connectivity index is 2.30. The Bertz CT molecular complexity index is 875. The predicted octanol–water partition coefficient (Wildman–Crippen LogP) is 3.14. The normalized spacial score (nSPS) is 20.3. The van der Waals surface area contributed by atoms with Crippen LogP contribution >= 0.6 is 11.3 Å². The second-order valence-electron chi connectivity index (χ2n) is 5.80. The van der Waals surface area contributed by atoms with Crippen LogP contribution in [-0.2, 0) is 16.3 Å². The van der Waals surface area contributed by atoms with E-state index in [2.05, 4.69) is 4.98 Å². The Hall–Kier alpha value is -1.38. The van der Waals surface area contributed by atoms with Gasteiger partial charge in [0.1, 0.15) is 10.3 Å². The van der Waals surface area contributed by atoms with Crippen molar-refractivity contribution >= 4 is 21.2 Å². The molecule has 0 bridgehead atoms. The molecule has 8 heteroatoms. The quantitative estimate of drug-likeness (QED) is 0.895. The van der Waals surface area contributed by atoms with Gasteiger partial charge in [0.25, 0.3) is 5.92 Å². The second kappa shape index (κ2) is 5.32. The fourth-order valence-corrected chi connectivity index (χ4v) is 5.39. The highest BCUT2D eigenvalue weighted by atomic mass is 32.2. The van der Waals surface area contributed by atoms with Gasteiger partial charge < -0.3 is 5.11 Å². The highest BCUT2D eigenvalue weighted by Crippen LogP contribution is 2.50. The monoisotopic (exact) mass is 359 g/mol. The van der Waals surface area contributed by atoms with Crippen LogP contribution in [0.4, 0.5) is 8.78 Å². The van der Waals surface area contributed by atoms with E-state index in [-0.39, 0.29) is 16.2 Å². The number of aryl methyl sites for hydroxylation is 1. The summed E-state index contributed by atoms with van der Waals surface area (Å²) in [6.07, 6.45) is 1.62. The number of aliphatic hydroxyl groups excluding tert-OH is 1. The Morgan fingerprint density at radius 3 is 2.70 bits per heavy atom. The van der Waals surface area contributed by atoms with Gasteiger partial charge in [-0.3, -0.25) is 4.98 Å². The molecular formula is C15H15F2NO3S2. The van der Waals surface area contributed by atoms with E-state index < -0.39 is 28.3 Å². The average Bonchev–Trinajstić information content (AvgIpc) is 2.83. The van der Waals surface area contributed by atoms with Crippen LogP contribution in [0.5, 0.6) is 0 Å². The van der Waals surface area contributed by atoms with Crippen LogP contribution in [0, 0.1) is 6.92 Å². The lowest BCUT2D eigenvalue weighted by Gasteiger charge is -2.28. The number of hydrogen-bond acceptors (Lipinski definition) is 5. The maximum Gasteiger partial charge on any atom is 0.277 e. The Morgan fingerprint density at radius 1 is 1.39 bits per heavy atom. The Morgan fingerprint density at radius 2 is 2.09 bits per heavy atom. The summed E-state index contributed by atoms with van der Waals surface area (Å²) in [7, 11) is -3.72. The molecular weight excluding hydrogens is 344 g/mol. The van der Waals surface area contributed by atoms with Crippen LogP contribution in [0.3, 0.4) is 0 Å². The van der Waals surface area contributed by atoms with Gasteiger partial charge in [-0.15, -0.1) is 11.3 Å². The highest BCUT2D eigenvalue weighted by Gasteiger charge is 2.47. The molecule has 0 amide bonds. The molecule has 0 unspecified atom stereocenters. The van der Waals surface area contributed by atoms with Crippen molar-refractivity contribution in [1.82, 2.24) is 4.98 Å². The van der Waals surface area contributed by atoms with Crippen molar-refractivity contribution in [3.63, 3.8) is 0 Å². The summed E-state index contributed by atoms with van der Waals surface area (Å²) < 4.78 is 51.6. The summed E-state index contributed by atoms with van der Waals surface area (Å²) in [6, 6.07) is 1.82. The van der Waals surface area contributed by atoms with E-state index in [0.717, 1.165) is 23.2 Å². The molecule has 0 aliphatic heterocycles. The number of alkyl halides is 2. The number of sulfone groups is 1. The average molecular weight is 359 g/mol. The molecule has 23 heavy (non-hydrogen) atoms. The summed E-state index contributed by atoms with van der Waals surface area (Å²) in [4.78, 5) is 4.66. The molecule has 0 radical (unpaired) electrons. The molecule has 0 aromatic carbocycles. The molecule has 3 rings (SSSR count). The molecule has 2 aromatic rings. The van der Waals surface area contributed by atoms with E-state index in [4.69, 9.17) is 0 Å². The van der Waals surface area contributed by atoms with Crippen molar-refractivity contribution in [2.45, 2.75) is 36.0 Å². The lowest BCUT2D eigenvalue weighted by Crippen LogP contribution is -2.32. The van der Waals surface area contributed by atoms with Gasteiger partial charge >= 0.3 is 0 Å². The zero-order chi connectivity index (χ0) is 17.0. The maximum atomic E-state index is 13.9. The third-order valence-corrected chi connectivity index (χ3v) is 7.01. The van der Waals surface area contributed by atoms with E-state index in [9.17, 15) is 22.3 Å². The predicted molar refractivity (Wildman–Crippen MR) is 83.6 cm³/mol. The van der Waals surface area contributed by atoms with Gasteiger partial charge in [0.05, 0.1) is 0 Å². The van der Waals surface area contributed by atoms with Crippen LogP contribution in [0.2, 0.25) is 0 Å². The molecule has 4 nitrogen and oxygen atoms in total. The smallest absolute Gasteiger partial charge is 0.277 e. The van der Waals surface area contributed by atoms with Crippen LogP contribution in [-0.4, -0.2) is 30.7 Å². The number of nitrogens with zero attached hydrogens (tertiary/aromatic N) is 1. The zero-order valence-electron chi connectivity index (χ0n) is 12.5. The topological polar surface area (TPSA) is 67.3 Å². The minimum atomic E-state index is -3.72. The third kappa shape index (κ3) is 2.79. The number of rotatable bonds is 2. The van der Waals surface area contributed by atoms with E-state index in [1.807, 2.05) is 13.0 Å². The van der Waals surface area contributed by atoms with Gasteiger partial charge in [-0.05, 0) is 30.5 Å². The highest BCUT2D eigenvalue weighted by molar-refractivity contribution is 7.92. The number of halogens is 2.